The SMILES string of the molecule is O=C(NCc1ccc2c(c1)OCO2)Nc1cccc(O)c1. The fraction of sp³-hybridized carbons (Fsp3) is 0.133. The summed E-state index contributed by atoms with van der Waals surface area (Å²) < 4.78 is 10.5. The van der Waals surface area contributed by atoms with Crippen LogP contribution in [0, 0.1) is 0 Å². The molecule has 0 aliphatic carbocycles. The zero-order valence-electron chi connectivity index (χ0n) is 11.1. The summed E-state index contributed by atoms with van der Waals surface area (Å²) >= 11 is 0. The minimum absolute atomic E-state index is 0.101. The minimum atomic E-state index is -0.349. The molecule has 0 radical (unpaired) electrons. The van der Waals surface area contributed by atoms with Crippen molar-refractivity contribution < 1.29 is 19.4 Å². The summed E-state index contributed by atoms with van der Waals surface area (Å²) in [5.74, 6) is 1.49. The van der Waals surface area contributed by atoms with E-state index in [2.05, 4.69) is 10.6 Å². The molecule has 0 saturated heterocycles. The highest BCUT2D eigenvalue weighted by Crippen LogP contribution is 2.32. The van der Waals surface area contributed by atoms with E-state index in [1.165, 1.54) is 12.1 Å². The number of hydrogen-bond acceptors (Lipinski definition) is 4. The van der Waals surface area contributed by atoms with E-state index in [1.807, 2.05) is 18.2 Å². The van der Waals surface area contributed by atoms with Crippen LogP contribution in [0.2, 0.25) is 0 Å². The highest BCUT2D eigenvalue weighted by atomic mass is 16.7. The Morgan fingerprint density at radius 3 is 2.86 bits per heavy atom. The number of anilines is 1. The lowest BCUT2D eigenvalue weighted by atomic mass is 10.2. The molecule has 108 valence electrons. The molecule has 0 saturated carbocycles. The number of aromatic hydroxyl groups is 1. The normalized spacial score (nSPS) is 12.0. The molecule has 2 aromatic carbocycles. The molecule has 1 aliphatic heterocycles. The topological polar surface area (TPSA) is 79.8 Å². The van der Waals surface area contributed by atoms with Crippen molar-refractivity contribution in [1.29, 1.82) is 0 Å². The summed E-state index contributed by atoms with van der Waals surface area (Å²) in [6.45, 7) is 0.589. The van der Waals surface area contributed by atoms with Gasteiger partial charge < -0.3 is 25.2 Å². The highest BCUT2D eigenvalue weighted by molar-refractivity contribution is 5.89. The van der Waals surface area contributed by atoms with E-state index in [4.69, 9.17) is 9.47 Å². The third-order valence-corrected chi connectivity index (χ3v) is 2.99. The molecule has 6 nitrogen and oxygen atoms in total. The Hall–Kier alpha value is -2.89. The molecular formula is C15H14N2O4. The Labute approximate surface area is 121 Å². The van der Waals surface area contributed by atoms with Crippen LogP contribution in [0.5, 0.6) is 17.2 Å². The number of fused-ring (bicyclic) bond motifs is 1. The van der Waals surface area contributed by atoms with Gasteiger partial charge in [-0.1, -0.05) is 12.1 Å². The highest BCUT2D eigenvalue weighted by Gasteiger charge is 2.13. The van der Waals surface area contributed by atoms with Crippen molar-refractivity contribution >= 4 is 11.7 Å². The summed E-state index contributed by atoms with van der Waals surface area (Å²) in [7, 11) is 0. The van der Waals surface area contributed by atoms with Crippen LogP contribution in [0.4, 0.5) is 10.5 Å². The molecular weight excluding hydrogens is 272 g/mol. The first-order chi connectivity index (χ1) is 10.2. The number of phenols is 1. The monoisotopic (exact) mass is 286 g/mol. The molecule has 3 rings (SSSR count). The molecule has 0 spiro atoms. The standard InChI is InChI=1S/C15H14N2O4/c18-12-3-1-2-11(7-12)17-15(19)16-8-10-4-5-13-14(6-10)21-9-20-13/h1-7,18H,8-9H2,(H2,16,17,19). The third kappa shape index (κ3) is 3.17. The van der Waals surface area contributed by atoms with Crippen molar-refractivity contribution in [3.05, 3.63) is 48.0 Å². The lowest BCUT2D eigenvalue weighted by Gasteiger charge is -2.08. The number of phenolic OH excluding ortho intramolecular Hbond substituents is 1. The Bertz CT molecular complexity index is 672. The average molecular weight is 286 g/mol. The predicted molar refractivity (Wildman–Crippen MR) is 76.5 cm³/mol. The molecule has 3 N–H and O–H groups in total. The summed E-state index contributed by atoms with van der Waals surface area (Å²) in [5, 5.41) is 14.7. The molecule has 0 aromatic heterocycles. The van der Waals surface area contributed by atoms with Gasteiger partial charge in [0.15, 0.2) is 11.5 Å². The molecule has 1 aliphatic rings. The molecule has 2 aromatic rings. The second-order valence-corrected chi connectivity index (χ2v) is 4.55. The van der Waals surface area contributed by atoms with Gasteiger partial charge in [-0.3, -0.25) is 0 Å². The van der Waals surface area contributed by atoms with Crippen molar-refractivity contribution in [1.82, 2.24) is 5.32 Å². The number of carbonyl (C=O) groups excluding carboxylic acids is 1. The Morgan fingerprint density at radius 1 is 1.14 bits per heavy atom. The van der Waals surface area contributed by atoms with Gasteiger partial charge in [-0.15, -0.1) is 0 Å². The summed E-state index contributed by atoms with van der Waals surface area (Å²) in [4.78, 5) is 11.8. The number of nitrogens with one attached hydrogen (secondary N) is 2. The van der Waals surface area contributed by atoms with Crippen LogP contribution in [-0.2, 0) is 6.54 Å². The van der Waals surface area contributed by atoms with Gasteiger partial charge in [-0.25, -0.2) is 4.79 Å². The van der Waals surface area contributed by atoms with Gasteiger partial charge >= 0.3 is 6.03 Å². The number of amides is 2. The minimum Gasteiger partial charge on any atom is -0.508 e. The Kier molecular flexibility index (Phi) is 3.51. The fourth-order valence-electron chi connectivity index (χ4n) is 1.99. The number of carbonyl (C=O) groups is 1. The van der Waals surface area contributed by atoms with Gasteiger partial charge in [0.05, 0.1) is 0 Å². The largest absolute Gasteiger partial charge is 0.508 e. The fourth-order valence-corrected chi connectivity index (χ4v) is 1.99. The van der Waals surface area contributed by atoms with Crippen LogP contribution in [0.1, 0.15) is 5.56 Å². The Morgan fingerprint density at radius 2 is 2.00 bits per heavy atom. The molecule has 6 heteroatoms. The van der Waals surface area contributed by atoms with Crippen LogP contribution < -0.4 is 20.1 Å². The lowest BCUT2D eigenvalue weighted by Crippen LogP contribution is -2.28. The van der Waals surface area contributed by atoms with Crippen molar-refractivity contribution in [2.24, 2.45) is 0 Å². The van der Waals surface area contributed by atoms with Crippen LogP contribution in [0.3, 0.4) is 0 Å². The Balaban J connectivity index is 1.56. The maximum Gasteiger partial charge on any atom is 0.319 e. The number of benzene rings is 2. The van der Waals surface area contributed by atoms with Crippen LogP contribution >= 0.6 is 0 Å². The molecule has 21 heavy (non-hydrogen) atoms. The summed E-state index contributed by atoms with van der Waals surface area (Å²) in [5.41, 5.74) is 1.43. The van der Waals surface area contributed by atoms with Crippen LogP contribution in [0.25, 0.3) is 0 Å². The second kappa shape index (κ2) is 5.62. The van der Waals surface area contributed by atoms with Crippen molar-refractivity contribution in [3.8, 4) is 17.2 Å². The van der Waals surface area contributed by atoms with Crippen molar-refractivity contribution in [3.63, 3.8) is 0 Å². The first-order valence-corrected chi connectivity index (χ1v) is 6.43. The molecule has 0 fully saturated rings. The zero-order valence-corrected chi connectivity index (χ0v) is 11.1. The smallest absolute Gasteiger partial charge is 0.319 e. The first kappa shape index (κ1) is 13.1. The second-order valence-electron chi connectivity index (χ2n) is 4.55. The van der Waals surface area contributed by atoms with Gasteiger partial charge in [0, 0.05) is 18.3 Å². The lowest BCUT2D eigenvalue weighted by molar-refractivity contribution is 0.174. The van der Waals surface area contributed by atoms with Gasteiger partial charge in [0.25, 0.3) is 0 Å². The van der Waals surface area contributed by atoms with E-state index >= 15 is 0 Å². The van der Waals surface area contributed by atoms with E-state index in [-0.39, 0.29) is 18.6 Å². The van der Waals surface area contributed by atoms with Gasteiger partial charge in [-0.2, -0.15) is 0 Å². The molecule has 2 amide bonds. The van der Waals surface area contributed by atoms with E-state index in [9.17, 15) is 9.90 Å². The summed E-state index contributed by atoms with van der Waals surface area (Å²) in [6.07, 6.45) is 0. The van der Waals surface area contributed by atoms with Gasteiger partial charge in [-0.05, 0) is 29.8 Å². The van der Waals surface area contributed by atoms with E-state index in [0.29, 0.717) is 23.7 Å². The van der Waals surface area contributed by atoms with E-state index in [0.717, 1.165) is 5.56 Å². The molecule has 1 heterocycles. The number of ether oxygens (including phenoxy) is 2. The van der Waals surface area contributed by atoms with Crippen LogP contribution in [0.15, 0.2) is 42.5 Å². The maximum absolute atomic E-state index is 11.8. The average Bonchev–Trinajstić information content (AvgIpc) is 2.92. The maximum atomic E-state index is 11.8. The first-order valence-electron chi connectivity index (χ1n) is 6.43. The number of hydrogen-bond donors (Lipinski definition) is 3. The zero-order chi connectivity index (χ0) is 14.7. The van der Waals surface area contributed by atoms with Crippen molar-refractivity contribution in [2.75, 3.05) is 12.1 Å². The number of rotatable bonds is 3. The van der Waals surface area contributed by atoms with Gasteiger partial charge in [0.2, 0.25) is 6.79 Å². The van der Waals surface area contributed by atoms with Gasteiger partial charge in [0.1, 0.15) is 5.75 Å². The quantitative estimate of drug-likeness (QED) is 0.809. The number of urea groups is 1. The molecule has 0 atom stereocenters. The molecule has 0 unspecified atom stereocenters. The molecule has 0 bridgehead atoms. The van der Waals surface area contributed by atoms with E-state index < -0.39 is 0 Å². The summed E-state index contributed by atoms with van der Waals surface area (Å²) in [6, 6.07) is 11.5. The predicted octanol–water partition coefficient (Wildman–Crippen LogP) is 2.44. The van der Waals surface area contributed by atoms with Crippen molar-refractivity contribution in [2.45, 2.75) is 6.54 Å². The van der Waals surface area contributed by atoms with Crippen LogP contribution in [-0.4, -0.2) is 17.9 Å². The van der Waals surface area contributed by atoms with E-state index in [1.54, 1.807) is 12.1 Å². The third-order valence-electron chi connectivity index (χ3n) is 2.99.